The van der Waals surface area contributed by atoms with Gasteiger partial charge in [-0.1, -0.05) is 23.7 Å². The van der Waals surface area contributed by atoms with Crippen LogP contribution < -0.4 is 5.32 Å². The minimum atomic E-state index is -0.989. The number of nitrogens with one attached hydrogen (secondary N) is 1. The van der Waals surface area contributed by atoms with Gasteiger partial charge in [-0.15, -0.1) is 0 Å². The number of para-hydroxylation sites is 1. The van der Waals surface area contributed by atoms with Crippen LogP contribution in [0.4, 0.5) is 10.1 Å². The molecule has 0 aliphatic carbocycles. The first-order valence-corrected chi connectivity index (χ1v) is 6.47. The first-order chi connectivity index (χ1) is 10.0. The van der Waals surface area contributed by atoms with E-state index in [2.05, 4.69) is 5.32 Å². The molecule has 110 valence electrons. The molecule has 1 atom stereocenters. The molecule has 21 heavy (non-hydrogen) atoms. The maximum Gasteiger partial charge on any atom is 0.332 e. The predicted molar refractivity (Wildman–Crippen MR) is 77.9 cm³/mol. The maximum atomic E-state index is 13.4. The van der Waals surface area contributed by atoms with Crippen LogP contribution in [0.3, 0.4) is 0 Å². The summed E-state index contributed by atoms with van der Waals surface area (Å²) in [7, 11) is 1.22. The summed E-state index contributed by atoms with van der Waals surface area (Å²) >= 11 is 6.03. The van der Waals surface area contributed by atoms with Gasteiger partial charge in [0.2, 0.25) is 0 Å². The Morgan fingerprint density at radius 3 is 2.67 bits per heavy atom. The Morgan fingerprint density at radius 1 is 1.33 bits per heavy atom. The van der Waals surface area contributed by atoms with Crippen LogP contribution in [0.15, 0.2) is 42.5 Å². The molecule has 1 unspecified atom stereocenters. The lowest BCUT2D eigenvalue weighted by Gasteiger charge is -2.19. The number of benzene rings is 2. The number of carbonyl (C=O) groups is 1. The van der Waals surface area contributed by atoms with Crippen LogP contribution in [0.2, 0.25) is 5.02 Å². The lowest BCUT2D eigenvalue weighted by molar-refractivity contribution is -0.141. The quantitative estimate of drug-likeness (QED) is 0.849. The normalized spacial score (nSPS) is 11.8. The molecule has 0 amide bonds. The second-order valence-corrected chi connectivity index (χ2v) is 4.73. The number of phenolic OH excluding ortho intramolecular Hbond substituents is 1. The molecular formula is C15H13ClFNO3. The summed E-state index contributed by atoms with van der Waals surface area (Å²) in [6.07, 6.45) is 0. The molecular weight excluding hydrogens is 297 g/mol. The third-order valence-electron chi connectivity index (χ3n) is 2.85. The molecule has 0 aromatic heterocycles. The Hall–Kier alpha value is -2.27. The number of hydrogen-bond donors (Lipinski definition) is 2. The summed E-state index contributed by atoms with van der Waals surface area (Å²) in [5.74, 6) is -1.56. The summed E-state index contributed by atoms with van der Waals surface area (Å²) < 4.78 is 18.1. The molecule has 0 radical (unpaired) electrons. The highest BCUT2D eigenvalue weighted by molar-refractivity contribution is 6.33. The molecule has 0 fully saturated rings. The number of halogens is 2. The molecule has 0 aliphatic heterocycles. The molecule has 2 aromatic rings. The van der Waals surface area contributed by atoms with E-state index in [1.54, 1.807) is 24.3 Å². The third-order valence-corrected chi connectivity index (χ3v) is 3.18. The molecule has 6 heteroatoms. The van der Waals surface area contributed by atoms with Gasteiger partial charge in [0.05, 0.1) is 17.8 Å². The molecule has 0 saturated heterocycles. The van der Waals surface area contributed by atoms with E-state index in [1.165, 1.54) is 13.2 Å². The van der Waals surface area contributed by atoms with Crippen molar-refractivity contribution >= 4 is 23.3 Å². The second kappa shape index (κ2) is 6.45. The minimum Gasteiger partial charge on any atom is -0.508 e. The highest BCUT2D eigenvalue weighted by Crippen LogP contribution is 2.28. The lowest BCUT2D eigenvalue weighted by atomic mass is 10.1. The van der Waals surface area contributed by atoms with Crippen molar-refractivity contribution < 1.29 is 19.0 Å². The fourth-order valence-electron chi connectivity index (χ4n) is 1.89. The Balaban J connectivity index is 2.39. The predicted octanol–water partition coefficient (Wildman–Crippen LogP) is 3.51. The zero-order chi connectivity index (χ0) is 15.4. The van der Waals surface area contributed by atoms with Crippen molar-refractivity contribution in [1.82, 2.24) is 0 Å². The summed E-state index contributed by atoms with van der Waals surface area (Å²) in [5.41, 5.74) is 0.734. The number of hydrogen-bond acceptors (Lipinski definition) is 4. The number of methoxy groups -OCH3 is 1. The van der Waals surface area contributed by atoms with E-state index in [1.807, 2.05) is 0 Å². The SMILES string of the molecule is COC(=O)C(Nc1ccccc1Cl)c1cc(O)cc(F)c1. The van der Waals surface area contributed by atoms with E-state index in [0.29, 0.717) is 10.7 Å². The first-order valence-electron chi connectivity index (χ1n) is 6.09. The van der Waals surface area contributed by atoms with E-state index < -0.39 is 17.8 Å². The van der Waals surface area contributed by atoms with Crippen molar-refractivity contribution in [3.63, 3.8) is 0 Å². The highest BCUT2D eigenvalue weighted by Gasteiger charge is 2.23. The van der Waals surface area contributed by atoms with Crippen molar-refractivity contribution in [2.75, 3.05) is 12.4 Å². The number of rotatable bonds is 4. The van der Waals surface area contributed by atoms with Gasteiger partial charge in [-0.2, -0.15) is 0 Å². The highest BCUT2D eigenvalue weighted by atomic mass is 35.5. The lowest BCUT2D eigenvalue weighted by Crippen LogP contribution is -2.22. The topological polar surface area (TPSA) is 58.6 Å². The van der Waals surface area contributed by atoms with Crippen molar-refractivity contribution in [2.45, 2.75) is 6.04 Å². The van der Waals surface area contributed by atoms with Gasteiger partial charge in [-0.3, -0.25) is 0 Å². The average molecular weight is 310 g/mol. The van der Waals surface area contributed by atoms with Crippen LogP contribution in [0.5, 0.6) is 5.75 Å². The van der Waals surface area contributed by atoms with Crippen LogP contribution in [0, 0.1) is 5.82 Å². The number of ether oxygens (including phenoxy) is 1. The number of aromatic hydroxyl groups is 1. The molecule has 4 nitrogen and oxygen atoms in total. The smallest absolute Gasteiger partial charge is 0.332 e. The molecule has 0 spiro atoms. The van der Waals surface area contributed by atoms with E-state index in [-0.39, 0.29) is 11.3 Å². The van der Waals surface area contributed by atoms with Gasteiger partial charge in [0.25, 0.3) is 0 Å². The average Bonchev–Trinajstić information content (AvgIpc) is 2.44. The van der Waals surface area contributed by atoms with Gasteiger partial charge in [0.15, 0.2) is 6.04 Å². The molecule has 0 bridgehead atoms. The Morgan fingerprint density at radius 2 is 2.05 bits per heavy atom. The van der Waals surface area contributed by atoms with Gasteiger partial charge in [-0.25, -0.2) is 9.18 Å². The second-order valence-electron chi connectivity index (χ2n) is 4.32. The number of esters is 1. The van der Waals surface area contributed by atoms with E-state index in [4.69, 9.17) is 16.3 Å². The van der Waals surface area contributed by atoms with Crippen molar-refractivity contribution in [2.24, 2.45) is 0 Å². The van der Waals surface area contributed by atoms with Crippen LogP contribution in [-0.4, -0.2) is 18.2 Å². The molecule has 2 N–H and O–H groups in total. The van der Waals surface area contributed by atoms with Crippen molar-refractivity contribution in [1.29, 1.82) is 0 Å². The molecule has 2 rings (SSSR count). The number of phenols is 1. The third kappa shape index (κ3) is 3.64. The summed E-state index contributed by atoms with van der Waals surface area (Å²) in [4.78, 5) is 11.9. The largest absolute Gasteiger partial charge is 0.508 e. The summed E-state index contributed by atoms with van der Waals surface area (Å²) in [6.45, 7) is 0. The summed E-state index contributed by atoms with van der Waals surface area (Å²) in [6, 6.07) is 9.21. The molecule has 0 heterocycles. The number of anilines is 1. The monoisotopic (exact) mass is 309 g/mol. The zero-order valence-electron chi connectivity index (χ0n) is 11.1. The fraction of sp³-hybridized carbons (Fsp3) is 0.133. The van der Waals surface area contributed by atoms with Gasteiger partial charge in [0, 0.05) is 6.07 Å². The van der Waals surface area contributed by atoms with Crippen LogP contribution in [0.25, 0.3) is 0 Å². The molecule has 2 aromatic carbocycles. The van der Waals surface area contributed by atoms with Crippen molar-refractivity contribution in [3.8, 4) is 5.75 Å². The van der Waals surface area contributed by atoms with E-state index in [9.17, 15) is 14.3 Å². The number of carbonyl (C=O) groups excluding carboxylic acids is 1. The van der Waals surface area contributed by atoms with Crippen LogP contribution in [0.1, 0.15) is 11.6 Å². The zero-order valence-corrected chi connectivity index (χ0v) is 11.9. The van der Waals surface area contributed by atoms with Crippen LogP contribution in [-0.2, 0) is 9.53 Å². The first kappa shape index (κ1) is 15.1. The maximum absolute atomic E-state index is 13.4. The van der Waals surface area contributed by atoms with E-state index >= 15 is 0 Å². The molecule has 0 aliphatic rings. The Kier molecular flexibility index (Phi) is 4.65. The minimum absolute atomic E-state index is 0.235. The van der Waals surface area contributed by atoms with Gasteiger partial charge < -0.3 is 15.2 Å². The fourth-order valence-corrected chi connectivity index (χ4v) is 2.08. The molecule has 0 saturated carbocycles. The van der Waals surface area contributed by atoms with Crippen LogP contribution >= 0.6 is 11.6 Å². The van der Waals surface area contributed by atoms with Gasteiger partial charge in [0.1, 0.15) is 11.6 Å². The van der Waals surface area contributed by atoms with Gasteiger partial charge >= 0.3 is 5.97 Å². The van der Waals surface area contributed by atoms with E-state index in [0.717, 1.165) is 12.1 Å². The Labute approximate surface area is 126 Å². The van der Waals surface area contributed by atoms with Gasteiger partial charge in [-0.05, 0) is 29.8 Å². The Bertz CT molecular complexity index is 643. The van der Waals surface area contributed by atoms with Crippen molar-refractivity contribution in [3.05, 3.63) is 58.9 Å². The standard InChI is InChI=1S/C15H13ClFNO3/c1-21-15(20)14(9-6-10(17)8-11(19)7-9)18-13-5-3-2-4-12(13)16/h2-8,14,18-19H,1H3. The summed E-state index contributed by atoms with van der Waals surface area (Å²) in [5, 5.41) is 12.8.